The number of quaternary nitrogens is 1. The predicted octanol–water partition coefficient (Wildman–Crippen LogP) is 4.43. The standard InChI is InChI=1S/C20H32N2O/c1-5-13-22(14-6-2)15-8-7-12-18(22)20(23)21-19-16(3)10-9-11-17(19)4/h9-11,18H,5-8,12-15H2,1-4H3/p+1/t18-/m0/s1. The summed E-state index contributed by atoms with van der Waals surface area (Å²) in [5.41, 5.74) is 3.31. The number of piperidine rings is 1. The molecule has 1 fully saturated rings. The van der Waals surface area contributed by atoms with Crippen molar-refractivity contribution in [3.8, 4) is 0 Å². The van der Waals surface area contributed by atoms with E-state index in [-0.39, 0.29) is 11.9 Å². The summed E-state index contributed by atoms with van der Waals surface area (Å²) in [5.74, 6) is 0.226. The Bertz CT molecular complexity index is 507. The van der Waals surface area contributed by atoms with Gasteiger partial charge in [-0.1, -0.05) is 32.0 Å². The number of nitrogens with one attached hydrogen (secondary N) is 1. The van der Waals surface area contributed by atoms with E-state index < -0.39 is 0 Å². The van der Waals surface area contributed by atoms with Gasteiger partial charge in [-0.15, -0.1) is 0 Å². The lowest BCUT2D eigenvalue weighted by molar-refractivity contribution is -0.947. The number of rotatable bonds is 6. The van der Waals surface area contributed by atoms with Crippen LogP contribution in [0.15, 0.2) is 18.2 Å². The van der Waals surface area contributed by atoms with Crippen molar-refractivity contribution in [2.24, 2.45) is 0 Å². The number of hydrogen-bond acceptors (Lipinski definition) is 1. The third-order valence-electron chi connectivity index (χ3n) is 5.36. The number of aryl methyl sites for hydroxylation is 2. The van der Waals surface area contributed by atoms with Crippen molar-refractivity contribution < 1.29 is 9.28 Å². The van der Waals surface area contributed by atoms with Crippen molar-refractivity contribution in [3.05, 3.63) is 29.3 Å². The first-order chi connectivity index (χ1) is 11.0. The Hall–Kier alpha value is -1.35. The van der Waals surface area contributed by atoms with Crippen LogP contribution >= 0.6 is 0 Å². The lowest BCUT2D eigenvalue weighted by atomic mass is 9.95. The molecule has 1 heterocycles. The number of hydrogen-bond donors (Lipinski definition) is 1. The second kappa shape index (κ2) is 7.96. The van der Waals surface area contributed by atoms with Crippen molar-refractivity contribution in [3.63, 3.8) is 0 Å². The van der Waals surface area contributed by atoms with Crippen molar-refractivity contribution in [1.29, 1.82) is 0 Å². The molecule has 0 radical (unpaired) electrons. The molecule has 1 atom stereocenters. The van der Waals surface area contributed by atoms with E-state index >= 15 is 0 Å². The molecule has 23 heavy (non-hydrogen) atoms. The fourth-order valence-electron chi connectivity index (χ4n) is 4.33. The van der Waals surface area contributed by atoms with Gasteiger partial charge >= 0.3 is 0 Å². The lowest BCUT2D eigenvalue weighted by Crippen LogP contribution is -2.62. The number of carbonyl (C=O) groups is 1. The molecule has 1 amide bonds. The maximum atomic E-state index is 13.1. The van der Waals surface area contributed by atoms with Crippen LogP contribution in [0.5, 0.6) is 0 Å². The molecule has 1 saturated heterocycles. The zero-order chi connectivity index (χ0) is 16.9. The molecule has 0 aliphatic carbocycles. The van der Waals surface area contributed by atoms with Crippen LogP contribution in [-0.2, 0) is 4.79 Å². The van der Waals surface area contributed by atoms with Gasteiger partial charge in [0.2, 0.25) is 0 Å². The maximum Gasteiger partial charge on any atom is 0.282 e. The third kappa shape index (κ3) is 3.95. The van der Waals surface area contributed by atoms with Crippen LogP contribution in [-0.4, -0.2) is 36.1 Å². The SMILES string of the molecule is CCC[N+]1(CCC)CCCC[C@H]1C(=O)Nc1c(C)cccc1C. The molecule has 1 aromatic rings. The molecular weight excluding hydrogens is 284 g/mol. The second-order valence-corrected chi connectivity index (χ2v) is 7.16. The molecule has 0 unspecified atom stereocenters. The van der Waals surface area contributed by atoms with Gasteiger partial charge in [0, 0.05) is 12.1 Å². The number of para-hydroxylation sites is 1. The molecule has 0 aromatic heterocycles. The molecule has 0 saturated carbocycles. The van der Waals surface area contributed by atoms with Gasteiger partial charge in [0.1, 0.15) is 0 Å². The summed E-state index contributed by atoms with van der Waals surface area (Å²) in [6, 6.07) is 6.31. The van der Waals surface area contributed by atoms with E-state index in [1.165, 1.54) is 12.8 Å². The van der Waals surface area contributed by atoms with E-state index in [1.54, 1.807) is 0 Å². The highest BCUT2D eigenvalue weighted by molar-refractivity contribution is 5.95. The predicted molar refractivity (Wildman–Crippen MR) is 97.6 cm³/mol. The van der Waals surface area contributed by atoms with Crippen molar-refractivity contribution in [1.82, 2.24) is 0 Å². The lowest BCUT2D eigenvalue weighted by Gasteiger charge is -2.47. The average Bonchev–Trinajstić information content (AvgIpc) is 2.52. The molecule has 3 nitrogen and oxygen atoms in total. The van der Waals surface area contributed by atoms with Crippen LogP contribution in [0.4, 0.5) is 5.69 Å². The molecule has 128 valence electrons. The highest BCUT2D eigenvalue weighted by Crippen LogP contribution is 2.29. The van der Waals surface area contributed by atoms with E-state index in [9.17, 15) is 4.79 Å². The summed E-state index contributed by atoms with van der Waals surface area (Å²) < 4.78 is 0.990. The molecule has 1 aliphatic heterocycles. The van der Waals surface area contributed by atoms with E-state index in [2.05, 4.69) is 51.2 Å². The zero-order valence-corrected chi connectivity index (χ0v) is 15.3. The fourth-order valence-corrected chi connectivity index (χ4v) is 4.33. The van der Waals surface area contributed by atoms with Gasteiger partial charge in [-0.05, 0) is 50.7 Å². The Kier molecular flexibility index (Phi) is 6.23. The molecular formula is C20H33N2O+. The molecule has 1 aliphatic rings. The van der Waals surface area contributed by atoms with Crippen LogP contribution < -0.4 is 5.32 Å². The number of nitrogens with zero attached hydrogens (tertiary/aromatic N) is 1. The normalized spacial score (nSPS) is 20.3. The number of amides is 1. The van der Waals surface area contributed by atoms with E-state index in [1.807, 2.05) is 0 Å². The number of likely N-dealkylation sites (tertiary alicyclic amines) is 1. The van der Waals surface area contributed by atoms with Gasteiger partial charge in [-0.25, -0.2) is 0 Å². The molecule has 1 N–H and O–H groups in total. The van der Waals surface area contributed by atoms with Gasteiger partial charge in [0.25, 0.3) is 5.91 Å². The summed E-state index contributed by atoms with van der Waals surface area (Å²) in [6.45, 7) is 12.0. The largest absolute Gasteiger partial charge is 0.320 e. The Balaban J connectivity index is 2.24. The van der Waals surface area contributed by atoms with Crippen molar-refractivity contribution >= 4 is 11.6 Å². The molecule has 1 aromatic carbocycles. The minimum Gasteiger partial charge on any atom is -0.320 e. The minimum absolute atomic E-state index is 0.114. The van der Waals surface area contributed by atoms with E-state index in [0.717, 1.165) is 60.2 Å². The number of carbonyl (C=O) groups excluding carboxylic acids is 1. The average molecular weight is 317 g/mol. The van der Waals surface area contributed by atoms with E-state index in [0.29, 0.717) is 0 Å². The first-order valence-corrected chi connectivity index (χ1v) is 9.27. The highest BCUT2D eigenvalue weighted by Gasteiger charge is 2.42. The Morgan fingerprint density at radius 3 is 2.30 bits per heavy atom. The Labute approximate surface area is 141 Å². The first-order valence-electron chi connectivity index (χ1n) is 9.27. The number of anilines is 1. The summed E-state index contributed by atoms with van der Waals surface area (Å²) >= 11 is 0. The minimum atomic E-state index is 0.114. The maximum absolute atomic E-state index is 13.1. The Morgan fingerprint density at radius 2 is 1.74 bits per heavy atom. The number of benzene rings is 1. The van der Waals surface area contributed by atoms with Crippen LogP contribution in [0.1, 0.15) is 57.1 Å². The van der Waals surface area contributed by atoms with Gasteiger partial charge in [-0.3, -0.25) is 4.79 Å². The van der Waals surface area contributed by atoms with Crippen LogP contribution in [0, 0.1) is 13.8 Å². The molecule has 2 rings (SSSR count). The molecule has 0 bridgehead atoms. The van der Waals surface area contributed by atoms with E-state index in [4.69, 9.17) is 0 Å². The molecule has 3 heteroatoms. The smallest absolute Gasteiger partial charge is 0.282 e. The van der Waals surface area contributed by atoms with Crippen molar-refractivity contribution in [2.45, 2.75) is 65.8 Å². The van der Waals surface area contributed by atoms with Gasteiger partial charge in [0.15, 0.2) is 6.04 Å². The van der Waals surface area contributed by atoms with Crippen molar-refractivity contribution in [2.75, 3.05) is 25.0 Å². The van der Waals surface area contributed by atoms with Crippen LogP contribution in [0.25, 0.3) is 0 Å². The van der Waals surface area contributed by atoms with Gasteiger partial charge < -0.3 is 9.80 Å². The monoisotopic (exact) mass is 317 g/mol. The van der Waals surface area contributed by atoms with Gasteiger partial charge in [0.05, 0.1) is 19.6 Å². The quantitative estimate of drug-likeness (QED) is 0.773. The van der Waals surface area contributed by atoms with Crippen LogP contribution in [0.2, 0.25) is 0 Å². The topological polar surface area (TPSA) is 29.1 Å². The summed E-state index contributed by atoms with van der Waals surface area (Å²) in [6.07, 6.45) is 5.75. The zero-order valence-electron chi connectivity index (χ0n) is 15.3. The highest BCUT2D eigenvalue weighted by atomic mass is 16.2. The molecule has 0 spiro atoms. The summed E-state index contributed by atoms with van der Waals surface area (Å²) in [7, 11) is 0. The fraction of sp³-hybridized carbons (Fsp3) is 0.650. The van der Waals surface area contributed by atoms with Gasteiger partial charge in [-0.2, -0.15) is 0 Å². The summed E-state index contributed by atoms with van der Waals surface area (Å²) in [4.78, 5) is 13.1. The van der Waals surface area contributed by atoms with Crippen LogP contribution in [0.3, 0.4) is 0 Å². The summed E-state index contributed by atoms with van der Waals surface area (Å²) in [5, 5.41) is 3.27. The second-order valence-electron chi connectivity index (χ2n) is 7.16. The Morgan fingerprint density at radius 1 is 1.13 bits per heavy atom. The third-order valence-corrected chi connectivity index (χ3v) is 5.36. The first kappa shape index (κ1) is 18.0.